The smallest absolute Gasteiger partial charge is 0.253 e. The largest absolute Gasteiger partial charge is 0.380 e. The van der Waals surface area contributed by atoms with Crippen LogP contribution >= 0.6 is 0 Å². The first-order valence-electron chi connectivity index (χ1n) is 9.32. The third kappa shape index (κ3) is 3.27. The molecule has 2 fully saturated rings. The van der Waals surface area contributed by atoms with Crippen molar-refractivity contribution in [3.05, 3.63) is 70.8 Å². The standard InChI is InChI=1S/C22H25NO3/c1-16-2-4-17(5-3-16)18-10-12-23(13-11-18)21(24)19-6-8-20(9-7-19)22(25)14-26-15-22/h2-9,18,25H,10-15H2,1H3. The molecule has 0 aromatic heterocycles. The molecule has 2 aliphatic rings. The lowest BCUT2D eigenvalue weighted by Gasteiger charge is -2.37. The molecule has 2 aliphatic heterocycles. The summed E-state index contributed by atoms with van der Waals surface area (Å²) in [6.07, 6.45) is 2.01. The van der Waals surface area contributed by atoms with Crippen LogP contribution in [0.25, 0.3) is 0 Å². The number of piperidine rings is 1. The fraction of sp³-hybridized carbons (Fsp3) is 0.409. The fourth-order valence-corrected chi connectivity index (χ4v) is 3.82. The number of carbonyl (C=O) groups excluding carboxylic acids is 1. The summed E-state index contributed by atoms with van der Waals surface area (Å²) in [5.41, 5.74) is 3.28. The van der Waals surface area contributed by atoms with Gasteiger partial charge < -0.3 is 14.7 Å². The third-order valence-electron chi connectivity index (χ3n) is 5.68. The van der Waals surface area contributed by atoms with Crippen molar-refractivity contribution in [1.29, 1.82) is 0 Å². The lowest BCUT2D eigenvalue weighted by atomic mass is 9.88. The Kier molecular flexibility index (Phi) is 4.55. The number of nitrogens with zero attached hydrogens (tertiary/aromatic N) is 1. The quantitative estimate of drug-likeness (QED) is 0.924. The molecule has 2 aromatic rings. The number of benzene rings is 2. The monoisotopic (exact) mass is 351 g/mol. The maximum Gasteiger partial charge on any atom is 0.253 e. The maximum absolute atomic E-state index is 12.8. The summed E-state index contributed by atoms with van der Waals surface area (Å²) in [4.78, 5) is 14.7. The number of carbonyl (C=O) groups is 1. The number of rotatable bonds is 3. The molecule has 0 atom stereocenters. The van der Waals surface area contributed by atoms with E-state index in [9.17, 15) is 9.90 Å². The molecule has 26 heavy (non-hydrogen) atoms. The Hall–Kier alpha value is -2.17. The molecule has 4 nitrogen and oxygen atoms in total. The van der Waals surface area contributed by atoms with E-state index in [-0.39, 0.29) is 5.91 Å². The van der Waals surface area contributed by atoms with Gasteiger partial charge in [0, 0.05) is 18.7 Å². The predicted molar refractivity (Wildman–Crippen MR) is 100 cm³/mol. The molecule has 136 valence electrons. The molecule has 0 unspecified atom stereocenters. The van der Waals surface area contributed by atoms with Crippen molar-refractivity contribution in [2.45, 2.75) is 31.3 Å². The number of aryl methyl sites for hydroxylation is 1. The molecular formula is C22H25NO3. The second kappa shape index (κ2) is 6.86. The average molecular weight is 351 g/mol. The number of aliphatic hydroxyl groups is 1. The lowest BCUT2D eigenvalue weighted by molar-refractivity contribution is -0.184. The van der Waals surface area contributed by atoms with Gasteiger partial charge in [0.25, 0.3) is 5.91 Å². The van der Waals surface area contributed by atoms with E-state index in [0.29, 0.717) is 24.7 Å². The summed E-state index contributed by atoms with van der Waals surface area (Å²) < 4.78 is 5.09. The summed E-state index contributed by atoms with van der Waals surface area (Å²) >= 11 is 0. The van der Waals surface area contributed by atoms with E-state index in [4.69, 9.17) is 4.74 Å². The van der Waals surface area contributed by atoms with E-state index in [2.05, 4.69) is 31.2 Å². The van der Waals surface area contributed by atoms with Gasteiger partial charge in [-0.25, -0.2) is 0 Å². The van der Waals surface area contributed by atoms with E-state index in [1.807, 2.05) is 29.2 Å². The molecule has 1 N–H and O–H groups in total. The Bertz CT molecular complexity index is 770. The number of amides is 1. The second-order valence-electron chi connectivity index (χ2n) is 7.58. The van der Waals surface area contributed by atoms with Crippen molar-refractivity contribution in [3.8, 4) is 0 Å². The molecule has 4 heteroatoms. The Morgan fingerprint density at radius 3 is 2.19 bits per heavy atom. The molecule has 0 spiro atoms. The summed E-state index contributed by atoms with van der Waals surface area (Å²) in [7, 11) is 0. The molecule has 4 rings (SSSR count). The van der Waals surface area contributed by atoms with Gasteiger partial charge in [-0.3, -0.25) is 4.79 Å². The van der Waals surface area contributed by atoms with Crippen LogP contribution < -0.4 is 0 Å². The number of ether oxygens (including phenoxy) is 1. The molecule has 2 heterocycles. The Labute approximate surface area is 154 Å². The molecule has 2 saturated heterocycles. The van der Waals surface area contributed by atoms with E-state index >= 15 is 0 Å². The molecular weight excluding hydrogens is 326 g/mol. The van der Waals surface area contributed by atoms with E-state index in [0.717, 1.165) is 31.5 Å². The molecule has 0 radical (unpaired) electrons. The van der Waals surface area contributed by atoms with Gasteiger partial charge in [-0.15, -0.1) is 0 Å². The zero-order valence-corrected chi connectivity index (χ0v) is 15.1. The van der Waals surface area contributed by atoms with Crippen molar-refractivity contribution in [2.75, 3.05) is 26.3 Å². The minimum atomic E-state index is -0.881. The molecule has 2 aromatic carbocycles. The van der Waals surface area contributed by atoms with Crippen LogP contribution in [-0.4, -0.2) is 42.2 Å². The Balaban J connectivity index is 1.38. The van der Waals surface area contributed by atoms with Gasteiger partial charge in [0.1, 0.15) is 5.60 Å². The zero-order valence-electron chi connectivity index (χ0n) is 15.1. The Morgan fingerprint density at radius 2 is 1.65 bits per heavy atom. The van der Waals surface area contributed by atoms with E-state index in [1.54, 1.807) is 0 Å². The van der Waals surface area contributed by atoms with Gasteiger partial charge in [0.15, 0.2) is 0 Å². The van der Waals surface area contributed by atoms with E-state index in [1.165, 1.54) is 11.1 Å². The number of hydrogen-bond acceptors (Lipinski definition) is 3. The highest BCUT2D eigenvalue weighted by Crippen LogP contribution is 2.31. The maximum atomic E-state index is 12.8. The fourth-order valence-electron chi connectivity index (χ4n) is 3.82. The third-order valence-corrected chi connectivity index (χ3v) is 5.68. The van der Waals surface area contributed by atoms with Crippen LogP contribution in [0.2, 0.25) is 0 Å². The molecule has 0 saturated carbocycles. The summed E-state index contributed by atoms with van der Waals surface area (Å²) in [5.74, 6) is 0.616. The van der Waals surface area contributed by atoms with Crippen LogP contribution in [0.15, 0.2) is 48.5 Å². The van der Waals surface area contributed by atoms with Crippen LogP contribution in [0, 0.1) is 6.92 Å². The number of likely N-dealkylation sites (tertiary alicyclic amines) is 1. The average Bonchev–Trinajstić information content (AvgIpc) is 2.66. The highest BCUT2D eigenvalue weighted by Gasteiger charge is 2.38. The van der Waals surface area contributed by atoms with Crippen LogP contribution in [0.1, 0.15) is 45.8 Å². The highest BCUT2D eigenvalue weighted by molar-refractivity contribution is 5.94. The summed E-state index contributed by atoms with van der Waals surface area (Å²) in [5, 5.41) is 10.3. The normalized spacial score (nSPS) is 19.8. The lowest BCUT2D eigenvalue weighted by Crippen LogP contribution is -2.46. The minimum absolute atomic E-state index is 0.0794. The topological polar surface area (TPSA) is 49.8 Å². The molecule has 0 bridgehead atoms. The Morgan fingerprint density at radius 1 is 1.04 bits per heavy atom. The van der Waals surface area contributed by atoms with Crippen molar-refractivity contribution >= 4 is 5.91 Å². The predicted octanol–water partition coefficient (Wildman–Crippen LogP) is 3.23. The summed E-state index contributed by atoms with van der Waals surface area (Å²) in [6, 6.07) is 16.1. The van der Waals surface area contributed by atoms with Crippen molar-refractivity contribution < 1.29 is 14.6 Å². The first-order chi connectivity index (χ1) is 12.5. The van der Waals surface area contributed by atoms with Gasteiger partial charge in [0.05, 0.1) is 13.2 Å². The van der Waals surface area contributed by atoms with Crippen LogP contribution in [0.5, 0.6) is 0 Å². The second-order valence-corrected chi connectivity index (χ2v) is 7.58. The SMILES string of the molecule is Cc1ccc(C2CCN(C(=O)c3ccc(C4(O)COC4)cc3)CC2)cc1. The van der Waals surface area contributed by atoms with Crippen LogP contribution in [0.4, 0.5) is 0 Å². The van der Waals surface area contributed by atoms with Crippen molar-refractivity contribution in [1.82, 2.24) is 4.90 Å². The molecule has 0 aliphatic carbocycles. The van der Waals surface area contributed by atoms with Gasteiger partial charge in [-0.05, 0) is 48.9 Å². The number of hydrogen-bond donors (Lipinski definition) is 1. The van der Waals surface area contributed by atoms with Gasteiger partial charge >= 0.3 is 0 Å². The highest BCUT2D eigenvalue weighted by atomic mass is 16.5. The van der Waals surface area contributed by atoms with Crippen LogP contribution in [0.3, 0.4) is 0 Å². The first-order valence-corrected chi connectivity index (χ1v) is 9.32. The zero-order chi connectivity index (χ0) is 18.1. The van der Waals surface area contributed by atoms with Gasteiger partial charge in [-0.1, -0.05) is 42.0 Å². The van der Waals surface area contributed by atoms with Gasteiger partial charge in [0.2, 0.25) is 0 Å². The first kappa shape index (κ1) is 17.3. The van der Waals surface area contributed by atoms with E-state index < -0.39 is 5.60 Å². The summed E-state index contributed by atoms with van der Waals surface area (Å²) in [6.45, 7) is 4.33. The van der Waals surface area contributed by atoms with Crippen molar-refractivity contribution in [2.24, 2.45) is 0 Å². The van der Waals surface area contributed by atoms with Gasteiger partial charge in [-0.2, -0.15) is 0 Å². The molecule has 1 amide bonds. The minimum Gasteiger partial charge on any atom is -0.380 e. The van der Waals surface area contributed by atoms with Crippen LogP contribution in [-0.2, 0) is 10.3 Å². The van der Waals surface area contributed by atoms with Crippen molar-refractivity contribution in [3.63, 3.8) is 0 Å².